The third kappa shape index (κ3) is 3.47. The number of fused-ring (bicyclic) bond motifs is 2. The highest BCUT2D eigenvalue weighted by molar-refractivity contribution is 6.03. The van der Waals surface area contributed by atoms with Gasteiger partial charge in [-0.25, -0.2) is 4.79 Å². The van der Waals surface area contributed by atoms with Crippen molar-refractivity contribution in [3.05, 3.63) is 59.0 Å². The van der Waals surface area contributed by atoms with Crippen LogP contribution in [0.1, 0.15) is 25.7 Å². The number of anilines is 2. The average molecular weight is 406 g/mol. The molecular formula is C23H22N2O5. The molecular weight excluding hydrogens is 384 g/mol. The van der Waals surface area contributed by atoms with Crippen LogP contribution >= 0.6 is 0 Å². The monoisotopic (exact) mass is 406 g/mol. The molecule has 1 unspecified atom stereocenters. The zero-order valence-electron chi connectivity index (χ0n) is 16.4. The van der Waals surface area contributed by atoms with Gasteiger partial charge >= 0.3 is 5.63 Å². The number of carbonyl (C=O) groups is 1. The molecule has 1 aliphatic carbocycles. The Balaban J connectivity index is 1.47. The summed E-state index contributed by atoms with van der Waals surface area (Å²) in [5.41, 5.74) is 0.583. The highest BCUT2D eigenvalue weighted by atomic mass is 16.6. The molecule has 7 heteroatoms. The van der Waals surface area contributed by atoms with Crippen molar-refractivity contribution in [1.29, 1.82) is 0 Å². The lowest BCUT2D eigenvalue weighted by Crippen LogP contribution is -2.41. The Morgan fingerprint density at radius 3 is 2.50 bits per heavy atom. The average Bonchev–Trinajstić information content (AvgIpc) is 3.29. The molecule has 1 amide bonds. The first kappa shape index (κ1) is 18.5. The first-order chi connectivity index (χ1) is 14.7. The Kier molecular flexibility index (Phi) is 4.78. The Labute approximate surface area is 173 Å². The van der Waals surface area contributed by atoms with Crippen molar-refractivity contribution >= 4 is 28.3 Å². The summed E-state index contributed by atoms with van der Waals surface area (Å²) in [7, 11) is 0. The molecule has 2 heterocycles. The zero-order chi connectivity index (χ0) is 20.5. The zero-order valence-corrected chi connectivity index (χ0v) is 16.4. The molecule has 30 heavy (non-hydrogen) atoms. The molecule has 1 saturated carbocycles. The van der Waals surface area contributed by atoms with Gasteiger partial charge in [-0.15, -0.1) is 0 Å². The maximum atomic E-state index is 12.9. The molecule has 1 aliphatic heterocycles. The number of rotatable bonds is 4. The molecule has 0 radical (unpaired) electrons. The third-order valence-corrected chi connectivity index (χ3v) is 5.57. The van der Waals surface area contributed by atoms with Crippen LogP contribution < -0.4 is 25.7 Å². The van der Waals surface area contributed by atoms with E-state index < -0.39 is 17.6 Å². The van der Waals surface area contributed by atoms with E-state index in [0.717, 1.165) is 31.1 Å². The summed E-state index contributed by atoms with van der Waals surface area (Å²) < 4.78 is 16.9. The summed E-state index contributed by atoms with van der Waals surface area (Å²) in [5, 5.41) is 6.96. The van der Waals surface area contributed by atoms with E-state index >= 15 is 0 Å². The fraction of sp³-hybridized carbons (Fsp3) is 0.304. The van der Waals surface area contributed by atoms with Crippen molar-refractivity contribution in [1.82, 2.24) is 0 Å². The van der Waals surface area contributed by atoms with Crippen LogP contribution in [0.15, 0.2) is 57.7 Å². The topological polar surface area (TPSA) is 89.8 Å². The van der Waals surface area contributed by atoms with E-state index in [1.165, 1.54) is 0 Å². The summed E-state index contributed by atoms with van der Waals surface area (Å²) in [4.78, 5) is 25.7. The second-order valence-corrected chi connectivity index (χ2v) is 7.61. The van der Waals surface area contributed by atoms with Crippen LogP contribution in [-0.4, -0.2) is 24.7 Å². The molecule has 2 N–H and O–H groups in total. The number of nitrogens with one attached hydrogen (secondary N) is 2. The maximum Gasteiger partial charge on any atom is 0.362 e. The second kappa shape index (κ2) is 7.74. The number of amides is 1. The number of benzene rings is 2. The van der Waals surface area contributed by atoms with E-state index in [0.29, 0.717) is 22.8 Å². The molecule has 1 fully saturated rings. The van der Waals surface area contributed by atoms with Gasteiger partial charge in [0.05, 0.1) is 5.69 Å². The number of para-hydroxylation sites is 3. The van der Waals surface area contributed by atoms with Crippen molar-refractivity contribution < 1.29 is 18.7 Å². The van der Waals surface area contributed by atoms with E-state index in [9.17, 15) is 9.59 Å². The lowest BCUT2D eigenvalue weighted by atomic mass is 10.1. The van der Waals surface area contributed by atoms with Gasteiger partial charge in [0.15, 0.2) is 17.2 Å². The normalized spacial score (nSPS) is 18.3. The summed E-state index contributed by atoms with van der Waals surface area (Å²) in [6, 6.07) is 14.7. The van der Waals surface area contributed by atoms with E-state index in [4.69, 9.17) is 13.9 Å². The Bertz CT molecular complexity index is 1150. The lowest BCUT2D eigenvalue weighted by Gasteiger charge is -2.26. The number of ether oxygens (including phenoxy) is 2. The predicted molar refractivity (Wildman–Crippen MR) is 113 cm³/mol. The van der Waals surface area contributed by atoms with Crippen LogP contribution in [0.2, 0.25) is 0 Å². The van der Waals surface area contributed by atoms with E-state index in [-0.39, 0.29) is 18.3 Å². The van der Waals surface area contributed by atoms with Crippen molar-refractivity contribution in [3.63, 3.8) is 0 Å². The Morgan fingerprint density at radius 2 is 1.67 bits per heavy atom. The van der Waals surface area contributed by atoms with E-state index in [2.05, 4.69) is 10.6 Å². The summed E-state index contributed by atoms with van der Waals surface area (Å²) in [6.07, 6.45) is 3.47. The SMILES string of the molecule is O=C(Nc1c(NC2CCCC2)c2ccccc2oc1=O)C1COc2ccccc2O1. The molecule has 0 saturated heterocycles. The van der Waals surface area contributed by atoms with E-state index in [1.807, 2.05) is 30.3 Å². The molecule has 0 bridgehead atoms. The smallest absolute Gasteiger partial charge is 0.362 e. The molecule has 3 aromatic rings. The Morgan fingerprint density at radius 1 is 0.933 bits per heavy atom. The number of carbonyl (C=O) groups excluding carboxylic acids is 1. The van der Waals surface area contributed by atoms with Gasteiger partial charge in [0, 0.05) is 11.4 Å². The summed E-state index contributed by atoms with van der Waals surface area (Å²) in [5.74, 6) is 0.635. The van der Waals surface area contributed by atoms with Gasteiger partial charge in [0.2, 0.25) is 6.10 Å². The molecule has 7 nitrogen and oxygen atoms in total. The standard InChI is InChI=1S/C23H22N2O5/c26-22(19-13-28-17-11-5-6-12-18(17)29-19)25-21-20(24-14-7-1-2-8-14)15-9-3-4-10-16(15)30-23(21)27/h3-6,9-12,14,19,24H,1-2,7-8,13H2,(H,25,26). The van der Waals surface area contributed by atoms with Gasteiger partial charge in [-0.2, -0.15) is 0 Å². The highest BCUT2D eigenvalue weighted by Crippen LogP contribution is 2.34. The predicted octanol–water partition coefficient (Wildman–Crippen LogP) is 3.93. The van der Waals surface area contributed by atoms with Crippen molar-refractivity contribution in [3.8, 4) is 11.5 Å². The lowest BCUT2D eigenvalue weighted by molar-refractivity contribution is -0.125. The molecule has 1 aromatic heterocycles. The van der Waals surface area contributed by atoms with Crippen LogP contribution in [0, 0.1) is 0 Å². The van der Waals surface area contributed by atoms with Crippen LogP contribution in [-0.2, 0) is 4.79 Å². The maximum absolute atomic E-state index is 12.9. The van der Waals surface area contributed by atoms with Crippen molar-refractivity contribution in [2.45, 2.75) is 37.8 Å². The first-order valence-electron chi connectivity index (χ1n) is 10.2. The number of hydrogen-bond donors (Lipinski definition) is 2. The van der Waals surface area contributed by atoms with Crippen LogP contribution in [0.25, 0.3) is 11.0 Å². The highest BCUT2D eigenvalue weighted by Gasteiger charge is 2.29. The molecule has 0 spiro atoms. The fourth-order valence-corrected chi connectivity index (χ4v) is 4.04. The second-order valence-electron chi connectivity index (χ2n) is 7.61. The largest absolute Gasteiger partial charge is 0.485 e. The quantitative estimate of drug-likeness (QED) is 0.638. The molecule has 1 atom stereocenters. The van der Waals surface area contributed by atoms with Gasteiger partial charge in [0.1, 0.15) is 12.2 Å². The van der Waals surface area contributed by atoms with Crippen LogP contribution in [0.5, 0.6) is 11.5 Å². The third-order valence-electron chi connectivity index (χ3n) is 5.57. The minimum absolute atomic E-state index is 0.0626. The Hall–Kier alpha value is -3.48. The van der Waals surface area contributed by atoms with Gasteiger partial charge < -0.3 is 24.5 Å². The summed E-state index contributed by atoms with van der Waals surface area (Å²) in [6.45, 7) is 0.0626. The van der Waals surface area contributed by atoms with Gasteiger partial charge in [-0.3, -0.25) is 4.79 Å². The van der Waals surface area contributed by atoms with Crippen LogP contribution in [0.3, 0.4) is 0 Å². The summed E-state index contributed by atoms with van der Waals surface area (Å²) >= 11 is 0. The van der Waals surface area contributed by atoms with Gasteiger partial charge in [-0.1, -0.05) is 37.1 Å². The van der Waals surface area contributed by atoms with Gasteiger partial charge in [0.25, 0.3) is 5.91 Å². The van der Waals surface area contributed by atoms with Crippen molar-refractivity contribution in [2.75, 3.05) is 17.2 Å². The van der Waals surface area contributed by atoms with Crippen molar-refractivity contribution in [2.24, 2.45) is 0 Å². The fourth-order valence-electron chi connectivity index (χ4n) is 4.04. The first-order valence-corrected chi connectivity index (χ1v) is 10.2. The molecule has 154 valence electrons. The minimum Gasteiger partial charge on any atom is -0.485 e. The van der Waals surface area contributed by atoms with Gasteiger partial charge in [-0.05, 0) is 37.1 Å². The number of hydrogen-bond acceptors (Lipinski definition) is 6. The molecule has 2 aromatic carbocycles. The molecule has 5 rings (SSSR count). The minimum atomic E-state index is -0.870. The van der Waals surface area contributed by atoms with E-state index in [1.54, 1.807) is 18.2 Å². The molecule has 2 aliphatic rings. The van der Waals surface area contributed by atoms with Crippen LogP contribution in [0.4, 0.5) is 11.4 Å².